The van der Waals surface area contributed by atoms with E-state index in [9.17, 15) is 18.8 Å². The predicted molar refractivity (Wildman–Crippen MR) is 161 cm³/mol. The minimum Gasteiger partial charge on any atom is -0.353 e. The van der Waals surface area contributed by atoms with E-state index in [0.717, 1.165) is 11.5 Å². The highest BCUT2D eigenvalue weighted by molar-refractivity contribution is 7.05. The van der Waals surface area contributed by atoms with E-state index in [1.54, 1.807) is 47.4 Å². The molecule has 0 saturated carbocycles. The lowest BCUT2D eigenvalue weighted by Crippen LogP contribution is -2.42. The number of benzene rings is 2. The van der Waals surface area contributed by atoms with E-state index in [1.807, 2.05) is 18.2 Å². The Balaban J connectivity index is 1.20. The molecule has 1 N–H and O–H groups in total. The van der Waals surface area contributed by atoms with Crippen molar-refractivity contribution in [3.63, 3.8) is 0 Å². The molecule has 1 amide bonds. The highest BCUT2D eigenvalue weighted by atomic mass is 35.5. The predicted octanol–water partition coefficient (Wildman–Crippen LogP) is 5.30. The summed E-state index contributed by atoms with van der Waals surface area (Å²) in [5.74, 6) is -0.471. The first-order valence-corrected chi connectivity index (χ1v) is 14.6. The lowest BCUT2D eigenvalue weighted by molar-refractivity contribution is -0.137. The number of hydrogen-bond donors (Lipinski definition) is 1. The van der Waals surface area contributed by atoms with E-state index < -0.39 is 18.1 Å². The van der Waals surface area contributed by atoms with Crippen molar-refractivity contribution in [1.82, 2.24) is 28.8 Å². The Morgan fingerprint density at radius 3 is 2.67 bits per heavy atom. The molecule has 13 heteroatoms. The smallest absolute Gasteiger partial charge is 0.243 e. The van der Waals surface area contributed by atoms with Gasteiger partial charge in [-0.1, -0.05) is 23.7 Å². The van der Waals surface area contributed by atoms with Crippen LogP contribution in [0.25, 0.3) is 22.3 Å². The topological polar surface area (TPSA) is 123 Å². The van der Waals surface area contributed by atoms with Crippen molar-refractivity contribution in [3.05, 3.63) is 83.0 Å². The van der Waals surface area contributed by atoms with E-state index in [4.69, 9.17) is 11.6 Å². The number of nitrogens with one attached hydrogen (secondary N) is 1. The number of Topliss-reactive ketones (excluding diaryl/α,β-unsaturated/α-hetero) is 2. The molecule has 0 bridgehead atoms. The number of anilines is 2. The van der Waals surface area contributed by atoms with Crippen LogP contribution in [0.1, 0.15) is 28.7 Å². The SMILES string of the molecule is CC(=O)c1cn(CC(=O)N2C[C@H](F)C[C@H]2C(=O)Cc2nc(-c3ccccc3Cl)ns2)c2ccc(Nc3cncnc3)cc12. The van der Waals surface area contributed by atoms with Crippen LogP contribution >= 0.6 is 23.1 Å². The number of carbonyl (C=O) groups is 3. The summed E-state index contributed by atoms with van der Waals surface area (Å²) in [5, 5.41) is 4.81. The number of aromatic nitrogens is 5. The number of hydrogen-bond acceptors (Lipinski definition) is 9. The zero-order valence-corrected chi connectivity index (χ0v) is 24.5. The summed E-state index contributed by atoms with van der Waals surface area (Å²) in [7, 11) is 0. The number of carbonyl (C=O) groups excluding carboxylic acids is 3. The van der Waals surface area contributed by atoms with Gasteiger partial charge in [-0.15, -0.1) is 0 Å². The summed E-state index contributed by atoms with van der Waals surface area (Å²) in [6.07, 6.45) is 4.82. The molecule has 5 aromatic rings. The molecule has 0 radical (unpaired) electrons. The van der Waals surface area contributed by atoms with Crippen LogP contribution in [0.3, 0.4) is 0 Å². The van der Waals surface area contributed by atoms with E-state index in [0.29, 0.717) is 49.3 Å². The summed E-state index contributed by atoms with van der Waals surface area (Å²) >= 11 is 7.33. The van der Waals surface area contributed by atoms with Crippen LogP contribution in [0.4, 0.5) is 15.8 Å². The fourth-order valence-electron chi connectivity index (χ4n) is 5.26. The van der Waals surface area contributed by atoms with Gasteiger partial charge in [0, 0.05) is 40.3 Å². The van der Waals surface area contributed by atoms with Crippen LogP contribution < -0.4 is 5.32 Å². The molecule has 1 aliphatic rings. The van der Waals surface area contributed by atoms with Gasteiger partial charge in [-0.25, -0.2) is 19.3 Å². The number of likely N-dealkylation sites (tertiary alicyclic amines) is 1. The highest BCUT2D eigenvalue weighted by Crippen LogP contribution is 2.30. The maximum absolute atomic E-state index is 14.6. The Labute approximate surface area is 254 Å². The molecule has 10 nitrogen and oxygen atoms in total. The molecule has 1 saturated heterocycles. The zero-order valence-electron chi connectivity index (χ0n) is 22.9. The molecular weight excluding hydrogens is 593 g/mol. The van der Waals surface area contributed by atoms with Crippen LogP contribution in [0.15, 0.2) is 67.4 Å². The van der Waals surface area contributed by atoms with Gasteiger partial charge in [0.15, 0.2) is 17.4 Å². The van der Waals surface area contributed by atoms with E-state index in [-0.39, 0.29) is 37.5 Å². The molecule has 0 unspecified atom stereocenters. The minimum atomic E-state index is -1.32. The third-order valence-electron chi connectivity index (χ3n) is 7.27. The lowest BCUT2D eigenvalue weighted by atomic mass is 10.1. The molecule has 43 heavy (non-hydrogen) atoms. The van der Waals surface area contributed by atoms with Gasteiger partial charge in [-0.2, -0.15) is 4.37 Å². The molecule has 0 spiro atoms. The summed E-state index contributed by atoms with van der Waals surface area (Å²) in [6, 6.07) is 11.7. The van der Waals surface area contributed by atoms with Crippen molar-refractivity contribution < 1.29 is 18.8 Å². The van der Waals surface area contributed by atoms with Gasteiger partial charge in [0.25, 0.3) is 0 Å². The largest absolute Gasteiger partial charge is 0.353 e. The number of nitrogens with zero attached hydrogens (tertiary/aromatic N) is 6. The van der Waals surface area contributed by atoms with Crippen LogP contribution in [0.5, 0.6) is 0 Å². The van der Waals surface area contributed by atoms with Crippen molar-refractivity contribution in [2.24, 2.45) is 0 Å². The summed E-state index contributed by atoms with van der Waals surface area (Å²) in [6.45, 7) is 1.12. The molecule has 6 rings (SSSR count). The average molecular weight is 618 g/mol. The number of alkyl halides is 1. The van der Waals surface area contributed by atoms with Gasteiger partial charge in [0.05, 0.1) is 42.1 Å². The van der Waals surface area contributed by atoms with Gasteiger partial charge in [0.1, 0.15) is 24.1 Å². The van der Waals surface area contributed by atoms with E-state index >= 15 is 0 Å². The van der Waals surface area contributed by atoms with Gasteiger partial charge >= 0.3 is 0 Å². The second-order valence-electron chi connectivity index (χ2n) is 10.2. The van der Waals surface area contributed by atoms with Crippen LogP contribution in [-0.4, -0.2) is 65.0 Å². The Morgan fingerprint density at radius 2 is 1.91 bits per heavy atom. The van der Waals surface area contributed by atoms with E-state index in [1.165, 1.54) is 18.2 Å². The average Bonchev–Trinajstić information content (AvgIpc) is 3.71. The van der Waals surface area contributed by atoms with Crippen molar-refractivity contribution in [3.8, 4) is 11.4 Å². The second-order valence-corrected chi connectivity index (χ2v) is 11.5. The number of amides is 1. The molecule has 0 aliphatic carbocycles. The maximum atomic E-state index is 14.6. The van der Waals surface area contributed by atoms with Gasteiger partial charge in [0.2, 0.25) is 5.91 Å². The Kier molecular flexibility index (Phi) is 7.96. The number of fused-ring (bicyclic) bond motifs is 1. The van der Waals surface area contributed by atoms with Gasteiger partial charge < -0.3 is 14.8 Å². The standard InChI is InChI=1S/C30H25ClFN7O3S/c1-17(40)23-14-38(25-7-6-19(9-22(23)25)35-20-11-33-16-34-12-20)15-29(42)39-13-18(32)8-26(39)27(41)10-28-36-30(37-43-28)21-4-2-3-5-24(21)31/h2-7,9,11-12,14,16,18,26,35H,8,10,13,15H2,1H3/t18-,26+/m1/s1. The molecule has 4 heterocycles. The van der Waals surface area contributed by atoms with Crippen LogP contribution in [0, 0.1) is 0 Å². The summed E-state index contributed by atoms with van der Waals surface area (Å²) in [4.78, 5) is 53.1. The highest BCUT2D eigenvalue weighted by Gasteiger charge is 2.40. The molecule has 2 atom stereocenters. The molecule has 218 valence electrons. The molecule has 2 aromatic carbocycles. The summed E-state index contributed by atoms with van der Waals surface area (Å²) < 4.78 is 20.6. The fraction of sp³-hybridized carbons (Fsp3) is 0.233. The van der Waals surface area contributed by atoms with Crippen molar-refractivity contribution >= 4 is 62.9 Å². The third-order valence-corrected chi connectivity index (χ3v) is 8.31. The molecular formula is C30H25ClFN7O3S. The number of ketones is 2. The summed E-state index contributed by atoms with van der Waals surface area (Å²) in [5.41, 5.74) is 3.15. The van der Waals surface area contributed by atoms with Crippen molar-refractivity contribution in [2.75, 3.05) is 11.9 Å². The minimum absolute atomic E-state index is 0.0769. The maximum Gasteiger partial charge on any atom is 0.243 e. The first-order valence-electron chi connectivity index (χ1n) is 13.5. The number of halogens is 2. The second kappa shape index (κ2) is 12.0. The van der Waals surface area contributed by atoms with Crippen molar-refractivity contribution in [2.45, 2.75) is 38.5 Å². The third kappa shape index (κ3) is 6.02. The molecule has 3 aromatic heterocycles. The zero-order chi connectivity index (χ0) is 30.1. The fourth-order valence-corrected chi connectivity index (χ4v) is 6.15. The monoisotopic (exact) mass is 617 g/mol. The van der Waals surface area contributed by atoms with Crippen LogP contribution in [0.2, 0.25) is 5.02 Å². The molecule has 1 aliphatic heterocycles. The first kappa shape index (κ1) is 28.6. The molecule has 1 fully saturated rings. The normalized spacial score (nSPS) is 16.5. The van der Waals surface area contributed by atoms with E-state index in [2.05, 4.69) is 24.6 Å². The van der Waals surface area contributed by atoms with Crippen LogP contribution in [-0.2, 0) is 22.6 Å². The Bertz CT molecular complexity index is 1840. The van der Waals surface area contributed by atoms with Crippen molar-refractivity contribution in [1.29, 1.82) is 0 Å². The lowest BCUT2D eigenvalue weighted by Gasteiger charge is -2.23. The Hall–Kier alpha value is -4.55. The number of rotatable bonds is 9. The van der Waals surface area contributed by atoms with Gasteiger partial charge in [-0.05, 0) is 48.8 Å². The quantitative estimate of drug-likeness (QED) is 0.221. The first-order chi connectivity index (χ1) is 20.8. The Morgan fingerprint density at radius 1 is 1.12 bits per heavy atom. The van der Waals surface area contributed by atoms with Gasteiger partial charge in [-0.3, -0.25) is 14.4 Å².